The Morgan fingerprint density at radius 2 is 1.78 bits per heavy atom. The highest BCUT2D eigenvalue weighted by Gasteiger charge is 2.33. The Labute approximate surface area is 285 Å². The fraction of sp³-hybridized carbons (Fsp3) is 0.486. The number of rotatable bonds is 7. The molecule has 1 amide bonds. The van der Waals surface area contributed by atoms with E-state index < -0.39 is 23.4 Å². The highest BCUT2D eigenvalue weighted by molar-refractivity contribution is 5.94. The number of ether oxygens (including phenoxy) is 2. The first-order valence-corrected chi connectivity index (χ1v) is 16.9. The number of aryl methyl sites for hydroxylation is 1. The highest BCUT2D eigenvalue weighted by atomic mass is 19.4. The topological polar surface area (TPSA) is 80.1 Å². The molecular weight excluding hydrogens is 635 g/mol. The molecule has 0 unspecified atom stereocenters. The molecule has 4 heterocycles. The second kappa shape index (κ2) is 13.9. The second-order valence-corrected chi connectivity index (χ2v) is 14.2. The number of halogens is 3. The Morgan fingerprint density at radius 1 is 1.04 bits per heavy atom. The highest BCUT2D eigenvalue weighted by Crippen LogP contribution is 2.35. The number of likely N-dealkylation sites (tertiary alicyclic amines) is 1. The van der Waals surface area contributed by atoms with Crippen molar-refractivity contribution < 1.29 is 32.2 Å². The molecule has 1 aliphatic carbocycles. The molecule has 9 nitrogen and oxygen atoms in total. The van der Waals surface area contributed by atoms with Crippen LogP contribution in [0.4, 0.5) is 18.0 Å². The molecule has 4 aliphatic rings. The molecule has 0 N–H and O–H groups in total. The number of carbonyl (C=O) groups excluding carboxylic acids is 2. The quantitative estimate of drug-likeness (QED) is 0.306. The number of fused-ring (bicyclic) bond motifs is 1. The molecule has 0 bridgehead atoms. The largest absolute Gasteiger partial charge is 0.462 e. The molecule has 49 heavy (non-hydrogen) atoms. The van der Waals surface area contributed by atoms with Gasteiger partial charge in [0.05, 0.1) is 17.8 Å². The molecule has 0 atom stereocenters. The molecule has 1 aromatic heterocycles. The van der Waals surface area contributed by atoms with Crippen molar-refractivity contribution in [2.75, 3.05) is 26.2 Å². The zero-order valence-corrected chi connectivity index (χ0v) is 28.6. The Morgan fingerprint density at radius 3 is 2.45 bits per heavy atom. The molecule has 1 fully saturated rings. The summed E-state index contributed by atoms with van der Waals surface area (Å²) >= 11 is 0. The monoisotopic (exact) mass is 679 g/mol. The maximum atomic E-state index is 13.3. The van der Waals surface area contributed by atoms with Gasteiger partial charge < -0.3 is 24.2 Å². The lowest BCUT2D eigenvalue weighted by Crippen LogP contribution is -2.42. The van der Waals surface area contributed by atoms with Gasteiger partial charge in [-0.25, -0.2) is 4.79 Å². The number of ketones is 1. The van der Waals surface area contributed by atoms with Gasteiger partial charge in [-0.2, -0.15) is 18.3 Å². The number of amides is 1. The minimum atomic E-state index is -4.43. The third kappa shape index (κ3) is 8.29. The number of carbonyl (C=O) groups is 2. The van der Waals surface area contributed by atoms with Gasteiger partial charge in [-0.05, 0) is 77.3 Å². The van der Waals surface area contributed by atoms with E-state index in [2.05, 4.69) is 9.80 Å². The van der Waals surface area contributed by atoms with E-state index in [-0.39, 0.29) is 12.3 Å². The first-order chi connectivity index (χ1) is 23.2. The number of benzene rings is 1. The van der Waals surface area contributed by atoms with Crippen LogP contribution < -0.4 is 0 Å². The van der Waals surface area contributed by atoms with E-state index in [9.17, 15) is 22.8 Å². The number of aromatic nitrogens is 2. The average molecular weight is 680 g/mol. The molecule has 12 heteroatoms. The second-order valence-electron chi connectivity index (χ2n) is 14.2. The molecule has 0 saturated carbocycles. The molecular formula is C37H44F3N5O4. The summed E-state index contributed by atoms with van der Waals surface area (Å²) in [5.41, 5.74) is 3.52. The molecule has 6 rings (SSSR count). The van der Waals surface area contributed by atoms with Crippen molar-refractivity contribution in [3.8, 4) is 11.3 Å². The number of nitrogens with zero attached hydrogens (tertiary/aromatic N) is 5. The zero-order chi connectivity index (χ0) is 34.9. The summed E-state index contributed by atoms with van der Waals surface area (Å²) in [5, 5.41) is 4.91. The van der Waals surface area contributed by atoms with Gasteiger partial charge in [-0.3, -0.25) is 9.48 Å². The maximum Gasteiger partial charge on any atom is 0.416 e. The number of piperidine rings is 1. The van der Waals surface area contributed by atoms with Crippen molar-refractivity contribution >= 4 is 11.9 Å². The summed E-state index contributed by atoms with van der Waals surface area (Å²) < 4.78 is 53.2. The Bertz CT molecular complexity index is 1690. The van der Waals surface area contributed by atoms with Gasteiger partial charge in [0.25, 0.3) is 0 Å². The van der Waals surface area contributed by atoms with Crippen LogP contribution in [0.5, 0.6) is 0 Å². The molecule has 0 radical (unpaired) electrons. The van der Waals surface area contributed by atoms with E-state index >= 15 is 0 Å². The van der Waals surface area contributed by atoms with Crippen molar-refractivity contribution in [3.63, 3.8) is 0 Å². The SMILES string of the molecule is CC1=CC(=O)CC(C2=CN(C3CCN(CCCn4nc(-c5ccc(C(F)(F)F)cc5)c5c4CCN(C(=O)OC(C)(C)C)C5)CC3)C=CO2)=C1. The van der Waals surface area contributed by atoms with Crippen LogP contribution in [0.15, 0.2) is 72.0 Å². The minimum Gasteiger partial charge on any atom is -0.462 e. The van der Waals surface area contributed by atoms with Crippen LogP contribution in [0, 0.1) is 0 Å². The number of allylic oxidation sites excluding steroid dienone is 4. The van der Waals surface area contributed by atoms with Crippen LogP contribution in [-0.4, -0.2) is 74.2 Å². The van der Waals surface area contributed by atoms with E-state index in [1.54, 1.807) is 17.2 Å². The summed E-state index contributed by atoms with van der Waals surface area (Å²) in [6, 6.07) is 5.40. The van der Waals surface area contributed by atoms with Gasteiger partial charge in [-0.15, -0.1) is 0 Å². The minimum absolute atomic E-state index is 0.0862. The smallest absolute Gasteiger partial charge is 0.416 e. The summed E-state index contributed by atoms with van der Waals surface area (Å²) in [6.45, 7) is 11.6. The molecule has 2 aromatic rings. The third-order valence-electron chi connectivity index (χ3n) is 9.26. The first kappa shape index (κ1) is 34.5. The van der Waals surface area contributed by atoms with Gasteiger partial charge in [0.15, 0.2) is 5.78 Å². The summed E-state index contributed by atoms with van der Waals surface area (Å²) in [5.74, 6) is 0.807. The van der Waals surface area contributed by atoms with Crippen LogP contribution in [0.1, 0.15) is 70.2 Å². The van der Waals surface area contributed by atoms with Gasteiger partial charge >= 0.3 is 12.3 Å². The number of hydrogen-bond acceptors (Lipinski definition) is 7. The van der Waals surface area contributed by atoms with Gasteiger partial charge in [-0.1, -0.05) is 18.2 Å². The van der Waals surface area contributed by atoms with E-state index in [0.29, 0.717) is 43.2 Å². The van der Waals surface area contributed by atoms with E-state index in [1.165, 1.54) is 12.1 Å². The number of alkyl halides is 3. The van der Waals surface area contributed by atoms with Gasteiger partial charge in [0.2, 0.25) is 0 Å². The molecule has 3 aliphatic heterocycles. The fourth-order valence-corrected chi connectivity index (χ4v) is 6.88. The average Bonchev–Trinajstić information content (AvgIpc) is 3.41. The van der Waals surface area contributed by atoms with Crippen LogP contribution in [0.3, 0.4) is 0 Å². The van der Waals surface area contributed by atoms with Crippen molar-refractivity contribution in [3.05, 3.63) is 88.8 Å². The fourth-order valence-electron chi connectivity index (χ4n) is 6.88. The van der Waals surface area contributed by atoms with Crippen molar-refractivity contribution in [2.45, 2.75) is 90.7 Å². The summed E-state index contributed by atoms with van der Waals surface area (Å²) in [7, 11) is 0. The van der Waals surface area contributed by atoms with E-state index in [1.807, 2.05) is 50.9 Å². The predicted molar refractivity (Wildman–Crippen MR) is 179 cm³/mol. The van der Waals surface area contributed by atoms with Crippen molar-refractivity contribution in [2.24, 2.45) is 0 Å². The standard InChI is InChI=1S/C37H44F3N5O4/c1-25-20-27(22-30(46)21-25)33-24-43(18-19-48-33)29-10-15-42(16-11-29)13-5-14-45-32-12-17-44(35(47)49-36(2,3)4)23-31(32)34(41-45)26-6-8-28(9-7-26)37(38,39)40/h6-9,18-21,24,29H,5,10-17,22-23H2,1-4H3. The number of hydrogen-bond donors (Lipinski definition) is 0. The van der Waals surface area contributed by atoms with Crippen molar-refractivity contribution in [1.82, 2.24) is 24.5 Å². The van der Waals surface area contributed by atoms with Crippen LogP contribution in [-0.2, 0) is 40.0 Å². The summed E-state index contributed by atoms with van der Waals surface area (Å²) in [6.07, 6.45) is 8.24. The maximum absolute atomic E-state index is 13.3. The Balaban J connectivity index is 1.09. The predicted octanol–water partition coefficient (Wildman–Crippen LogP) is 7.21. The Kier molecular flexibility index (Phi) is 9.79. The van der Waals surface area contributed by atoms with Crippen LogP contribution in [0.25, 0.3) is 11.3 Å². The molecule has 262 valence electrons. The lowest BCUT2D eigenvalue weighted by molar-refractivity contribution is -0.137. The zero-order valence-electron chi connectivity index (χ0n) is 28.6. The van der Waals surface area contributed by atoms with Gasteiger partial charge in [0.1, 0.15) is 17.6 Å². The normalized spacial score (nSPS) is 19.2. The first-order valence-electron chi connectivity index (χ1n) is 16.9. The van der Waals surface area contributed by atoms with Crippen molar-refractivity contribution in [1.29, 1.82) is 0 Å². The Hall–Kier alpha value is -4.32. The van der Waals surface area contributed by atoms with Gasteiger partial charge in [0, 0.05) is 79.9 Å². The molecule has 0 spiro atoms. The lowest BCUT2D eigenvalue weighted by atomic mass is 9.97. The summed E-state index contributed by atoms with van der Waals surface area (Å²) in [4.78, 5) is 31.3. The molecule has 1 saturated heterocycles. The lowest BCUT2D eigenvalue weighted by Gasteiger charge is -2.37. The van der Waals surface area contributed by atoms with Crippen LogP contribution in [0.2, 0.25) is 0 Å². The van der Waals surface area contributed by atoms with Crippen LogP contribution >= 0.6 is 0 Å². The van der Waals surface area contributed by atoms with E-state index in [4.69, 9.17) is 14.6 Å². The van der Waals surface area contributed by atoms with E-state index in [0.717, 1.165) is 79.2 Å². The third-order valence-corrected chi connectivity index (χ3v) is 9.26. The molecule has 1 aromatic carbocycles.